The Balaban J connectivity index is 2.18. The Morgan fingerprint density at radius 2 is 2.33 bits per heavy atom. The van der Waals surface area contributed by atoms with Gasteiger partial charge in [0.15, 0.2) is 0 Å². The van der Waals surface area contributed by atoms with Crippen molar-refractivity contribution < 1.29 is 14.8 Å². The molecule has 1 aliphatic rings. The van der Waals surface area contributed by atoms with Gasteiger partial charge in [0.1, 0.15) is 6.33 Å². The van der Waals surface area contributed by atoms with Gasteiger partial charge in [-0.25, -0.2) is 4.98 Å². The van der Waals surface area contributed by atoms with Crippen LogP contribution in [-0.4, -0.2) is 39.3 Å². The first-order valence-corrected chi connectivity index (χ1v) is 5.55. The third-order valence-electron chi connectivity index (χ3n) is 3.03. The number of anilines is 1. The quantitative estimate of drug-likeness (QED) is 0.588. The zero-order valence-corrected chi connectivity index (χ0v) is 9.92. The van der Waals surface area contributed by atoms with Crippen molar-refractivity contribution >= 4 is 11.5 Å². The zero-order chi connectivity index (χ0) is 13.2. The predicted molar refractivity (Wildman–Crippen MR) is 62.5 cm³/mol. The molecule has 2 N–H and O–H groups in total. The molecule has 1 aliphatic carbocycles. The van der Waals surface area contributed by atoms with Crippen molar-refractivity contribution in [1.82, 2.24) is 9.97 Å². The van der Waals surface area contributed by atoms with Crippen LogP contribution in [0, 0.1) is 10.1 Å². The molecule has 0 aliphatic heterocycles. The summed E-state index contributed by atoms with van der Waals surface area (Å²) in [5.74, 6) is -0.0368. The van der Waals surface area contributed by atoms with Crippen LogP contribution in [0.15, 0.2) is 6.33 Å². The second-order valence-electron chi connectivity index (χ2n) is 4.27. The molecule has 0 bridgehead atoms. The summed E-state index contributed by atoms with van der Waals surface area (Å²) in [4.78, 5) is 17.8. The van der Waals surface area contributed by atoms with Crippen LogP contribution in [0.5, 0.6) is 5.88 Å². The Hall–Kier alpha value is -1.96. The molecule has 0 unspecified atom stereocenters. The van der Waals surface area contributed by atoms with Crippen molar-refractivity contribution in [3.8, 4) is 5.88 Å². The number of rotatable bonds is 5. The number of nitrogens with one attached hydrogen (secondary N) is 1. The van der Waals surface area contributed by atoms with Gasteiger partial charge >= 0.3 is 5.69 Å². The van der Waals surface area contributed by atoms with Gasteiger partial charge in [0.05, 0.1) is 17.6 Å². The van der Waals surface area contributed by atoms with Gasteiger partial charge in [-0.2, -0.15) is 4.98 Å². The van der Waals surface area contributed by atoms with E-state index < -0.39 is 10.5 Å². The summed E-state index contributed by atoms with van der Waals surface area (Å²) in [6, 6.07) is 0. The molecule has 0 saturated heterocycles. The maximum Gasteiger partial charge on any atom is 0.372 e. The van der Waals surface area contributed by atoms with Crippen LogP contribution >= 0.6 is 0 Å². The Bertz CT molecular complexity index is 461. The predicted octanol–water partition coefficient (Wildman–Crippen LogP) is 0.720. The average molecular weight is 254 g/mol. The molecule has 0 amide bonds. The standard InChI is InChI=1S/C10H14N4O4/c1-18-9-7(14(16)17)8(12-6-13-9)11-5-10(15)3-2-4-10/h6,15H,2-5H2,1H3,(H,11,12,13). The Kier molecular flexibility index (Phi) is 3.28. The molecule has 0 aromatic carbocycles. The van der Waals surface area contributed by atoms with E-state index in [-0.39, 0.29) is 23.9 Å². The Labute approximate surface area is 103 Å². The molecule has 98 valence electrons. The fourth-order valence-electron chi connectivity index (χ4n) is 1.82. The second kappa shape index (κ2) is 4.73. The largest absolute Gasteiger partial charge is 0.476 e. The van der Waals surface area contributed by atoms with Crippen LogP contribution in [0.3, 0.4) is 0 Å². The molecule has 1 saturated carbocycles. The minimum atomic E-state index is -0.786. The van der Waals surface area contributed by atoms with E-state index in [9.17, 15) is 15.2 Å². The molecule has 0 atom stereocenters. The molecule has 1 aromatic rings. The van der Waals surface area contributed by atoms with Gasteiger partial charge in [-0.05, 0) is 19.3 Å². The van der Waals surface area contributed by atoms with Crippen LogP contribution in [0.25, 0.3) is 0 Å². The number of aromatic nitrogens is 2. The van der Waals surface area contributed by atoms with Gasteiger partial charge in [0.2, 0.25) is 5.82 Å². The van der Waals surface area contributed by atoms with Crippen LogP contribution in [0.1, 0.15) is 19.3 Å². The number of nitro groups is 1. The van der Waals surface area contributed by atoms with Gasteiger partial charge in [-0.1, -0.05) is 0 Å². The van der Waals surface area contributed by atoms with Gasteiger partial charge in [-0.15, -0.1) is 0 Å². The zero-order valence-electron chi connectivity index (χ0n) is 9.92. The van der Waals surface area contributed by atoms with Gasteiger partial charge in [-0.3, -0.25) is 10.1 Å². The normalized spacial score (nSPS) is 16.8. The van der Waals surface area contributed by atoms with E-state index in [0.29, 0.717) is 12.8 Å². The average Bonchev–Trinajstić information content (AvgIpc) is 2.33. The highest BCUT2D eigenvalue weighted by Crippen LogP contribution is 2.34. The lowest BCUT2D eigenvalue weighted by molar-refractivity contribution is -0.385. The summed E-state index contributed by atoms with van der Waals surface area (Å²) in [7, 11) is 1.30. The van der Waals surface area contributed by atoms with E-state index in [1.165, 1.54) is 13.4 Å². The van der Waals surface area contributed by atoms with E-state index in [0.717, 1.165) is 6.42 Å². The third kappa shape index (κ3) is 2.33. The molecular formula is C10H14N4O4. The lowest BCUT2D eigenvalue weighted by Crippen LogP contribution is -2.43. The molecule has 2 rings (SSSR count). The summed E-state index contributed by atoms with van der Waals surface area (Å²) in [6.45, 7) is 0.230. The van der Waals surface area contributed by atoms with Crippen molar-refractivity contribution in [2.75, 3.05) is 19.0 Å². The first-order chi connectivity index (χ1) is 8.56. The number of aliphatic hydroxyl groups is 1. The number of methoxy groups -OCH3 is 1. The molecule has 1 aromatic heterocycles. The topological polar surface area (TPSA) is 110 Å². The van der Waals surface area contributed by atoms with E-state index >= 15 is 0 Å². The summed E-state index contributed by atoms with van der Waals surface area (Å²) in [5.41, 5.74) is -1.10. The fourth-order valence-corrected chi connectivity index (χ4v) is 1.82. The smallest absolute Gasteiger partial charge is 0.372 e. The van der Waals surface area contributed by atoms with E-state index in [1.54, 1.807) is 0 Å². The maximum absolute atomic E-state index is 11.0. The highest BCUT2D eigenvalue weighted by Gasteiger charge is 2.35. The lowest BCUT2D eigenvalue weighted by Gasteiger charge is -2.36. The van der Waals surface area contributed by atoms with Crippen LogP contribution in [0.4, 0.5) is 11.5 Å². The molecule has 8 heteroatoms. The highest BCUT2D eigenvalue weighted by atomic mass is 16.6. The maximum atomic E-state index is 11.0. The van der Waals surface area contributed by atoms with Gasteiger partial charge in [0.25, 0.3) is 5.88 Å². The fraction of sp³-hybridized carbons (Fsp3) is 0.600. The molecule has 1 fully saturated rings. The minimum absolute atomic E-state index is 0.0622. The number of hydrogen-bond acceptors (Lipinski definition) is 7. The van der Waals surface area contributed by atoms with E-state index in [4.69, 9.17) is 4.74 Å². The molecule has 18 heavy (non-hydrogen) atoms. The third-order valence-corrected chi connectivity index (χ3v) is 3.03. The molecule has 8 nitrogen and oxygen atoms in total. The number of ether oxygens (including phenoxy) is 1. The summed E-state index contributed by atoms with van der Waals surface area (Å²) >= 11 is 0. The first kappa shape index (κ1) is 12.5. The van der Waals surface area contributed by atoms with E-state index in [1.807, 2.05) is 0 Å². The lowest BCUT2D eigenvalue weighted by atomic mass is 9.80. The summed E-state index contributed by atoms with van der Waals surface area (Å²) in [6.07, 6.45) is 3.53. The summed E-state index contributed by atoms with van der Waals surface area (Å²) < 4.78 is 4.82. The SMILES string of the molecule is COc1ncnc(NCC2(O)CCC2)c1[N+](=O)[O-]. The molecular weight excluding hydrogens is 240 g/mol. The molecule has 0 spiro atoms. The molecule has 0 radical (unpaired) electrons. The second-order valence-corrected chi connectivity index (χ2v) is 4.27. The highest BCUT2D eigenvalue weighted by molar-refractivity contribution is 5.61. The minimum Gasteiger partial charge on any atom is -0.476 e. The van der Waals surface area contributed by atoms with Crippen molar-refractivity contribution in [2.45, 2.75) is 24.9 Å². The van der Waals surface area contributed by atoms with E-state index in [2.05, 4.69) is 15.3 Å². The van der Waals surface area contributed by atoms with Crippen molar-refractivity contribution in [3.63, 3.8) is 0 Å². The monoisotopic (exact) mass is 254 g/mol. The van der Waals surface area contributed by atoms with Gasteiger partial charge in [0, 0.05) is 6.54 Å². The Morgan fingerprint density at radius 1 is 1.61 bits per heavy atom. The summed E-state index contributed by atoms with van der Waals surface area (Å²) in [5, 5.41) is 23.7. The number of hydrogen-bond donors (Lipinski definition) is 2. The van der Waals surface area contributed by atoms with Crippen LogP contribution in [0.2, 0.25) is 0 Å². The Morgan fingerprint density at radius 3 is 2.83 bits per heavy atom. The van der Waals surface area contributed by atoms with Crippen molar-refractivity contribution in [3.05, 3.63) is 16.4 Å². The number of nitrogens with zero attached hydrogens (tertiary/aromatic N) is 3. The van der Waals surface area contributed by atoms with Gasteiger partial charge < -0.3 is 15.2 Å². The van der Waals surface area contributed by atoms with Crippen molar-refractivity contribution in [1.29, 1.82) is 0 Å². The molecule has 1 heterocycles. The van der Waals surface area contributed by atoms with Crippen molar-refractivity contribution in [2.24, 2.45) is 0 Å². The first-order valence-electron chi connectivity index (χ1n) is 5.55. The van der Waals surface area contributed by atoms with Crippen LogP contribution < -0.4 is 10.1 Å². The van der Waals surface area contributed by atoms with Crippen LogP contribution in [-0.2, 0) is 0 Å².